The van der Waals surface area contributed by atoms with Crippen molar-refractivity contribution in [3.63, 3.8) is 0 Å². The van der Waals surface area contributed by atoms with E-state index in [-0.39, 0.29) is 50.3 Å². The predicted octanol–water partition coefficient (Wildman–Crippen LogP) is 7.59. The Hall–Kier alpha value is -6.40. The number of hydrogen-bond donors (Lipinski definition) is 2. The van der Waals surface area contributed by atoms with Gasteiger partial charge in [-0.05, 0) is 124 Å². The molecule has 15 nitrogen and oxygen atoms in total. The first-order chi connectivity index (χ1) is 35.4. The molecule has 3 heterocycles. The quantitative estimate of drug-likeness (QED) is 0.121. The zero-order valence-electron chi connectivity index (χ0n) is 42.6. The standard InChI is InChI=1S/C55H64Cl2F2N8O7/c1-34-29-61-51(68)28-43(24-36-9-15-41(56)16-10-36)64(4)55(72)47(33-73-6)62-53(70)35(2)67(52(69)26-40(54(71)63(34)3)23-37-11-20-45(58)46(59)25-37)31-39-12-17-42(57)27-49(39)74-44-18-13-38(14-19-44)48-30-60-50(65(48)5)32-66-21-7-8-22-66/h9-20,25,27,30,34-35,40,43,47H,7-8,21-24,26,28-29,31-33H2,1-6H3,(H,61,68)(H,62,70)/t34-,35-,40+,43-,47-/m0/s1. The summed E-state index contributed by atoms with van der Waals surface area (Å²) in [6.45, 7) is 5.63. The second-order valence-corrected chi connectivity index (χ2v) is 20.2. The molecule has 2 N–H and O–H groups in total. The highest BCUT2D eigenvalue weighted by Crippen LogP contribution is 2.33. The topological polar surface area (TPSA) is 159 Å². The van der Waals surface area contributed by atoms with Gasteiger partial charge in [0.1, 0.15) is 29.4 Å². The molecule has 394 valence electrons. The van der Waals surface area contributed by atoms with Crippen LogP contribution in [0.15, 0.2) is 91.1 Å². The van der Waals surface area contributed by atoms with E-state index in [0.717, 1.165) is 54.4 Å². The van der Waals surface area contributed by atoms with Crippen LogP contribution in [0.1, 0.15) is 62.0 Å². The number of carbonyl (C=O) groups is 5. The minimum atomic E-state index is -1.29. The molecule has 5 atom stereocenters. The lowest BCUT2D eigenvalue weighted by Gasteiger charge is -2.35. The third-order valence-corrected chi connectivity index (χ3v) is 14.5. The number of nitrogens with zero attached hydrogens (tertiary/aromatic N) is 6. The average molecular weight is 1060 g/mol. The van der Waals surface area contributed by atoms with E-state index in [9.17, 15) is 28.0 Å². The largest absolute Gasteiger partial charge is 0.457 e. The highest BCUT2D eigenvalue weighted by molar-refractivity contribution is 6.31. The highest BCUT2D eigenvalue weighted by Gasteiger charge is 2.37. The van der Waals surface area contributed by atoms with Gasteiger partial charge in [-0.1, -0.05) is 47.5 Å². The molecule has 0 aliphatic carbocycles. The fourth-order valence-electron chi connectivity index (χ4n) is 9.36. The third kappa shape index (κ3) is 14.0. The third-order valence-electron chi connectivity index (χ3n) is 14.1. The Labute approximate surface area is 441 Å². The molecule has 7 rings (SSSR count). The number of imidazole rings is 1. The Morgan fingerprint density at radius 2 is 1.45 bits per heavy atom. The normalized spacial score (nSPS) is 21.1. The Bertz CT molecular complexity index is 2790. The Kier molecular flexibility index (Phi) is 18.9. The summed E-state index contributed by atoms with van der Waals surface area (Å²) < 4.78 is 42.9. The van der Waals surface area contributed by atoms with Crippen molar-refractivity contribution >= 4 is 52.7 Å². The average Bonchev–Trinajstić information content (AvgIpc) is 4.04. The lowest BCUT2D eigenvalue weighted by Crippen LogP contribution is -2.57. The Morgan fingerprint density at radius 3 is 2.14 bits per heavy atom. The summed E-state index contributed by atoms with van der Waals surface area (Å²) in [6.07, 6.45) is 3.68. The SMILES string of the molecule is COC[C@@H]1NC(=O)[C@H](C)N(Cc2ccc(Cl)cc2Oc2ccc(-c3cnc(CN4CCCC4)n3C)cc2)C(=O)C[C@@H](Cc2ccc(F)c(F)c2)C(=O)N(C)[C@@H](C)CNC(=O)C[C@H](Cc2ccc(Cl)cc2)N(C)C1=O. The van der Waals surface area contributed by atoms with Crippen LogP contribution in [0, 0.1) is 17.6 Å². The van der Waals surface area contributed by atoms with Gasteiger partial charge in [0.25, 0.3) is 0 Å². The maximum atomic E-state index is 15.1. The molecule has 0 unspecified atom stereocenters. The molecule has 5 amide bonds. The van der Waals surface area contributed by atoms with E-state index in [0.29, 0.717) is 21.4 Å². The maximum Gasteiger partial charge on any atom is 0.247 e. The summed E-state index contributed by atoms with van der Waals surface area (Å²) in [5, 5.41) is 6.54. The van der Waals surface area contributed by atoms with Crippen LogP contribution < -0.4 is 15.4 Å². The molecule has 5 aromatic rings. The van der Waals surface area contributed by atoms with Crippen molar-refractivity contribution in [3.8, 4) is 22.8 Å². The van der Waals surface area contributed by atoms with Gasteiger partial charge in [0.05, 0.1) is 37.5 Å². The van der Waals surface area contributed by atoms with Gasteiger partial charge in [-0.25, -0.2) is 13.8 Å². The lowest BCUT2D eigenvalue weighted by molar-refractivity contribution is -0.147. The van der Waals surface area contributed by atoms with Crippen molar-refractivity contribution in [1.82, 2.24) is 39.8 Å². The van der Waals surface area contributed by atoms with Crippen molar-refractivity contribution in [2.75, 3.05) is 47.4 Å². The molecule has 0 bridgehead atoms. The fraction of sp³-hybridized carbons (Fsp3) is 0.418. The highest BCUT2D eigenvalue weighted by atomic mass is 35.5. The van der Waals surface area contributed by atoms with Gasteiger partial charge in [-0.3, -0.25) is 28.9 Å². The molecule has 74 heavy (non-hydrogen) atoms. The van der Waals surface area contributed by atoms with Crippen molar-refractivity contribution in [1.29, 1.82) is 0 Å². The number of benzene rings is 4. The van der Waals surface area contributed by atoms with E-state index >= 15 is 4.79 Å². The molecule has 2 aliphatic heterocycles. The summed E-state index contributed by atoms with van der Waals surface area (Å²) >= 11 is 12.8. The second-order valence-electron chi connectivity index (χ2n) is 19.3. The molecule has 0 radical (unpaired) electrons. The number of carbonyl (C=O) groups excluding carboxylic acids is 5. The Balaban J connectivity index is 1.22. The van der Waals surface area contributed by atoms with Crippen LogP contribution >= 0.6 is 23.2 Å². The first-order valence-electron chi connectivity index (χ1n) is 24.8. The number of likely N-dealkylation sites (N-methyl/N-ethyl adjacent to an activating group) is 2. The van der Waals surface area contributed by atoms with Gasteiger partial charge in [-0.15, -0.1) is 0 Å². The van der Waals surface area contributed by atoms with E-state index in [4.69, 9.17) is 37.7 Å². The van der Waals surface area contributed by atoms with E-state index < -0.39 is 77.7 Å². The molecule has 2 saturated heterocycles. The summed E-state index contributed by atoms with van der Waals surface area (Å²) in [7, 11) is 6.46. The number of halogens is 4. The van der Waals surface area contributed by atoms with Crippen LogP contribution in [0.3, 0.4) is 0 Å². The van der Waals surface area contributed by atoms with Crippen molar-refractivity contribution in [2.45, 2.75) is 89.6 Å². The lowest BCUT2D eigenvalue weighted by atomic mass is 9.93. The van der Waals surface area contributed by atoms with Crippen LogP contribution in [0.25, 0.3) is 11.3 Å². The van der Waals surface area contributed by atoms with Crippen LogP contribution in [0.2, 0.25) is 10.0 Å². The number of methoxy groups -OCH3 is 1. The molecule has 19 heteroatoms. The van der Waals surface area contributed by atoms with Gasteiger partial charge in [0, 0.05) is 80.9 Å². The molecule has 4 aromatic carbocycles. The number of ether oxygens (including phenoxy) is 2. The first-order valence-corrected chi connectivity index (χ1v) is 25.5. The summed E-state index contributed by atoms with van der Waals surface area (Å²) in [6, 6.07) is 18.8. The van der Waals surface area contributed by atoms with E-state index in [1.54, 1.807) is 56.4 Å². The van der Waals surface area contributed by atoms with Crippen molar-refractivity contribution in [3.05, 3.63) is 135 Å². The minimum Gasteiger partial charge on any atom is -0.457 e. The van der Waals surface area contributed by atoms with Gasteiger partial charge >= 0.3 is 0 Å². The molecule has 2 fully saturated rings. The van der Waals surface area contributed by atoms with Gasteiger partial charge in [0.2, 0.25) is 29.5 Å². The number of amides is 5. The molecular weight excluding hydrogens is 994 g/mol. The fourth-order valence-corrected chi connectivity index (χ4v) is 9.65. The van der Waals surface area contributed by atoms with E-state index in [1.165, 1.54) is 54.7 Å². The molecule has 1 aromatic heterocycles. The van der Waals surface area contributed by atoms with E-state index in [2.05, 4.69) is 20.1 Å². The van der Waals surface area contributed by atoms with Gasteiger partial charge < -0.3 is 39.4 Å². The number of rotatable bonds is 13. The van der Waals surface area contributed by atoms with Crippen molar-refractivity contribution < 1.29 is 42.2 Å². The predicted molar refractivity (Wildman–Crippen MR) is 278 cm³/mol. The van der Waals surface area contributed by atoms with Crippen LogP contribution in [-0.2, 0) is 61.7 Å². The summed E-state index contributed by atoms with van der Waals surface area (Å²) in [5.41, 5.74) is 3.36. The zero-order valence-corrected chi connectivity index (χ0v) is 44.1. The Morgan fingerprint density at radius 1 is 0.757 bits per heavy atom. The zero-order chi connectivity index (χ0) is 53.2. The summed E-state index contributed by atoms with van der Waals surface area (Å²) in [4.78, 5) is 83.6. The van der Waals surface area contributed by atoms with E-state index in [1.807, 2.05) is 37.5 Å². The molecular formula is C55H64Cl2F2N8O7. The summed E-state index contributed by atoms with van der Waals surface area (Å²) in [5.74, 6) is -4.48. The van der Waals surface area contributed by atoms with Crippen LogP contribution in [0.4, 0.5) is 8.78 Å². The van der Waals surface area contributed by atoms with Crippen molar-refractivity contribution in [2.24, 2.45) is 13.0 Å². The van der Waals surface area contributed by atoms with Gasteiger partial charge in [0.15, 0.2) is 11.6 Å². The van der Waals surface area contributed by atoms with Crippen LogP contribution in [0.5, 0.6) is 11.5 Å². The number of aromatic nitrogens is 2. The molecule has 2 aliphatic rings. The maximum absolute atomic E-state index is 15.1. The number of hydrogen-bond acceptors (Lipinski definition) is 9. The number of nitrogens with one attached hydrogen (secondary N) is 2. The van der Waals surface area contributed by atoms with Crippen LogP contribution in [-0.4, -0.2) is 130 Å². The molecule has 0 spiro atoms. The van der Waals surface area contributed by atoms with Gasteiger partial charge in [-0.2, -0.15) is 0 Å². The molecule has 0 saturated carbocycles. The number of likely N-dealkylation sites (tertiary alicyclic amines) is 1. The minimum absolute atomic E-state index is 0.00887. The first kappa shape index (κ1) is 55.4. The smallest absolute Gasteiger partial charge is 0.247 e. The monoisotopic (exact) mass is 1060 g/mol. The second kappa shape index (κ2) is 25.2.